The minimum atomic E-state index is -0.339. The summed E-state index contributed by atoms with van der Waals surface area (Å²) >= 11 is 0. The minimum absolute atomic E-state index is 0. The summed E-state index contributed by atoms with van der Waals surface area (Å²) in [6.45, 7) is 0. The average Bonchev–Trinajstić information content (AvgIpc) is 2.65. The van der Waals surface area contributed by atoms with Gasteiger partial charge in [0.05, 0.1) is 20.3 Å². The highest BCUT2D eigenvalue weighted by molar-refractivity contribution is 5.81. The number of hydrogen-bond acceptors (Lipinski definition) is 5. The molecule has 6 heteroatoms. The Kier molecular flexibility index (Phi) is 6.93. The molecule has 0 fully saturated rings. The van der Waals surface area contributed by atoms with E-state index < -0.39 is 0 Å². The summed E-state index contributed by atoms with van der Waals surface area (Å²) in [7, 11) is 3.01. The van der Waals surface area contributed by atoms with Crippen LogP contribution in [0.15, 0.2) is 24.3 Å². The van der Waals surface area contributed by atoms with Gasteiger partial charge in [-0.15, -0.1) is 0 Å². The van der Waals surface area contributed by atoms with E-state index in [0.717, 1.165) is 36.8 Å². The molecule has 4 bridgehead atoms. The number of aryl methyl sites for hydroxylation is 2. The van der Waals surface area contributed by atoms with Gasteiger partial charge in [-0.05, 0) is 61.4 Å². The zero-order valence-electron chi connectivity index (χ0n) is 15.8. The van der Waals surface area contributed by atoms with E-state index in [1.54, 1.807) is 6.07 Å². The molecule has 2 aromatic rings. The third-order valence-electron chi connectivity index (χ3n) is 5.05. The number of rotatable bonds is 2. The van der Waals surface area contributed by atoms with E-state index >= 15 is 0 Å². The zero-order chi connectivity index (χ0) is 18.7. The van der Waals surface area contributed by atoms with Crippen molar-refractivity contribution >= 4 is 0 Å². The molecule has 27 heavy (non-hydrogen) atoms. The van der Waals surface area contributed by atoms with Gasteiger partial charge in [-0.3, -0.25) is 0 Å². The quantitative estimate of drug-likeness (QED) is 0.746. The van der Waals surface area contributed by atoms with Gasteiger partial charge in [0.15, 0.2) is 11.5 Å². The molecule has 0 aliphatic heterocycles. The summed E-state index contributed by atoms with van der Waals surface area (Å²) in [5, 5.41) is 31.2. The molecule has 0 saturated carbocycles. The summed E-state index contributed by atoms with van der Waals surface area (Å²) in [5.74, 6) is 0.885. The molecule has 1 aliphatic rings. The van der Waals surface area contributed by atoms with E-state index in [4.69, 9.17) is 9.47 Å². The van der Waals surface area contributed by atoms with Crippen molar-refractivity contribution in [1.82, 2.24) is 0 Å². The Morgan fingerprint density at radius 1 is 0.889 bits per heavy atom. The number of ether oxygens (including phenoxy) is 2. The summed E-state index contributed by atoms with van der Waals surface area (Å²) in [5.41, 5.74) is 3.10. The van der Waals surface area contributed by atoms with Crippen molar-refractivity contribution in [3.8, 4) is 34.1 Å². The summed E-state index contributed by atoms with van der Waals surface area (Å²) < 4.78 is 10.9. The maximum Gasteiger partial charge on any atom is 0.203 e. The molecule has 2 aromatic carbocycles. The van der Waals surface area contributed by atoms with Crippen LogP contribution >= 0.6 is 0 Å². The Balaban J connectivity index is 0.00000261. The van der Waals surface area contributed by atoms with Crippen molar-refractivity contribution in [2.24, 2.45) is 0 Å². The van der Waals surface area contributed by atoms with Crippen molar-refractivity contribution in [3.63, 3.8) is 0 Å². The van der Waals surface area contributed by atoms with Crippen LogP contribution in [0.5, 0.6) is 23.0 Å². The van der Waals surface area contributed by atoms with Gasteiger partial charge in [-0.2, -0.15) is 0 Å². The van der Waals surface area contributed by atoms with Crippen LogP contribution in [0.3, 0.4) is 0 Å². The first-order valence-corrected chi connectivity index (χ1v) is 9.02. The van der Waals surface area contributed by atoms with Crippen molar-refractivity contribution in [2.45, 2.75) is 44.6 Å². The Bertz CT molecular complexity index is 787. The predicted octanol–water partition coefficient (Wildman–Crippen LogP) is 2.98. The summed E-state index contributed by atoms with van der Waals surface area (Å²) in [4.78, 5) is 0. The van der Waals surface area contributed by atoms with E-state index in [2.05, 4.69) is 0 Å². The average molecular weight is 376 g/mol. The van der Waals surface area contributed by atoms with Gasteiger partial charge >= 0.3 is 0 Å². The predicted molar refractivity (Wildman–Crippen MR) is 104 cm³/mol. The first-order valence-electron chi connectivity index (χ1n) is 9.02. The maximum absolute atomic E-state index is 10.6. The lowest BCUT2D eigenvalue weighted by molar-refractivity contribution is 0.151. The number of aromatic hydroxyl groups is 2. The van der Waals surface area contributed by atoms with Gasteiger partial charge in [0.2, 0.25) is 5.75 Å². The molecule has 0 amide bonds. The molecule has 0 spiro atoms. The van der Waals surface area contributed by atoms with Gasteiger partial charge in [-0.1, -0.05) is 12.5 Å². The van der Waals surface area contributed by atoms with E-state index in [9.17, 15) is 15.3 Å². The fraction of sp³-hybridized carbons (Fsp3) is 0.429. The fourth-order valence-corrected chi connectivity index (χ4v) is 3.59. The third-order valence-corrected chi connectivity index (χ3v) is 5.05. The molecular formula is C21H28O6. The molecule has 0 saturated heterocycles. The Morgan fingerprint density at radius 3 is 2.33 bits per heavy atom. The first kappa shape index (κ1) is 20.9. The maximum atomic E-state index is 10.6. The first-order chi connectivity index (χ1) is 12.5. The number of benzene rings is 2. The zero-order valence-corrected chi connectivity index (χ0v) is 15.8. The smallest absolute Gasteiger partial charge is 0.203 e. The fourth-order valence-electron chi connectivity index (χ4n) is 3.59. The second-order valence-electron chi connectivity index (χ2n) is 6.79. The van der Waals surface area contributed by atoms with Crippen LogP contribution in [0.2, 0.25) is 0 Å². The number of phenolic OH excluding ortho intramolecular Hbond substituents is 2. The molecule has 1 atom stereocenters. The van der Waals surface area contributed by atoms with Crippen molar-refractivity contribution in [3.05, 3.63) is 35.4 Å². The molecule has 3 rings (SSSR count). The Hall–Kier alpha value is -2.44. The van der Waals surface area contributed by atoms with Crippen LogP contribution < -0.4 is 9.47 Å². The highest BCUT2D eigenvalue weighted by atomic mass is 16.5. The molecule has 148 valence electrons. The van der Waals surface area contributed by atoms with E-state index in [1.807, 2.05) is 18.2 Å². The SMILES string of the molecule is COc1c2cc(c(O)c1OC)CCCC[C@H](O)CCc1ccc(O)c-2c1.O. The van der Waals surface area contributed by atoms with Crippen LogP contribution in [0, 0.1) is 0 Å². The summed E-state index contributed by atoms with van der Waals surface area (Å²) in [6, 6.07) is 7.31. The van der Waals surface area contributed by atoms with Gasteiger partial charge < -0.3 is 30.3 Å². The molecular weight excluding hydrogens is 348 g/mol. The lowest BCUT2D eigenvalue weighted by atomic mass is 9.95. The number of fused-ring (bicyclic) bond motifs is 5. The second-order valence-corrected chi connectivity index (χ2v) is 6.79. The second kappa shape index (κ2) is 8.97. The van der Waals surface area contributed by atoms with Gasteiger partial charge in [0, 0.05) is 11.1 Å². The highest BCUT2D eigenvalue weighted by Crippen LogP contribution is 2.48. The van der Waals surface area contributed by atoms with Gasteiger partial charge in [0.25, 0.3) is 0 Å². The number of aliphatic hydroxyl groups is 1. The van der Waals surface area contributed by atoms with Crippen LogP contribution in [0.4, 0.5) is 0 Å². The third kappa shape index (κ3) is 4.28. The molecule has 0 unspecified atom stereocenters. The van der Waals surface area contributed by atoms with Crippen LogP contribution in [-0.2, 0) is 12.8 Å². The van der Waals surface area contributed by atoms with Crippen LogP contribution in [-0.4, -0.2) is 41.1 Å². The number of aliphatic hydroxyl groups excluding tert-OH is 1. The molecule has 0 aromatic heterocycles. The molecule has 1 aliphatic carbocycles. The Labute approximate surface area is 159 Å². The summed E-state index contributed by atoms with van der Waals surface area (Å²) in [6.07, 6.45) is 4.22. The van der Waals surface area contributed by atoms with Crippen LogP contribution in [0.1, 0.15) is 36.8 Å². The van der Waals surface area contributed by atoms with Crippen LogP contribution in [0.25, 0.3) is 11.1 Å². The normalized spacial score (nSPS) is 16.9. The lowest BCUT2D eigenvalue weighted by Gasteiger charge is -2.18. The van der Waals surface area contributed by atoms with E-state index in [0.29, 0.717) is 29.7 Å². The monoisotopic (exact) mass is 376 g/mol. The largest absolute Gasteiger partial charge is 0.507 e. The van der Waals surface area contributed by atoms with Crippen molar-refractivity contribution in [2.75, 3.05) is 14.2 Å². The minimum Gasteiger partial charge on any atom is -0.507 e. The van der Waals surface area contributed by atoms with Gasteiger partial charge in [-0.25, -0.2) is 0 Å². The van der Waals surface area contributed by atoms with E-state index in [-0.39, 0.29) is 28.8 Å². The van der Waals surface area contributed by atoms with Crippen molar-refractivity contribution < 1.29 is 30.3 Å². The van der Waals surface area contributed by atoms with Gasteiger partial charge in [0.1, 0.15) is 5.75 Å². The number of phenols is 2. The number of hydrogen-bond donors (Lipinski definition) is 3. The number of methoxy groups -OCH3 is 2. The van der Waals surface area contributed by atoms with E-state index in [1.165, 1.54) is 14.2 Å². The standard InChI is InChI=1S/C21H26O5.H2O/c1-25-20-17-12-14(19(24)21(20)26-2)5-3-4-6-15(22)9-7-13-8-10-18(23)16(17)11-13;/h8,10-12,15,22-24H,3-7,9H2,1-2H3;1H2/t15-;/m0./s1. The Morgan fingerprint density at radius 2 is 1.63 bits per heavy atom. The van der Waals surface area contributed by atoms with Crippen molar-refractivity contribution in [1.29, 1.82) is 0 Å². The highest BCUT2D eigenvalue weighted by Gasteiger charge is 2.22. The molecule has 0 heterocycles. The molecule has 0 radical (unpaired) electrons. The molecule has 6 nitrogen and oxygen atoms in total. The molecule has 5 N–H and O–H groups in total. The topological polar surface area (TPSA) is 111 Å². The lowest BCUT2D eigenvalue weighted by Crippen LogP contribution is -2.08.